The average Bonchev–Trinajstić information content (AvgIpc) is 3.76. The van der Waals surface area contributed by atoms with Crippen LogP contribution in [0.2, 0.25) is 0 Å². The molecule has 0 saturated carbocycles. The van der Waals surface area contributed by atoms with Crippen molar-refractivity contribution in [3.8, 4) is 0 Å². The van der Waals surface area contributed by atoms with E-state index in [2.05, 4.69) is 44.9 Å². The summed E-state index contributed by atoms with van der Waals surface area (Å²) in [6, 6.07) is 0. The minimum atomic E-state index is -2.49. The van der Waals surface area contributed by atoms with Gasteiger partial charge in [0.25, 0.3) is 0 Å². The number of esters is 6. The molecule has 3 heterocycles. The molecule has 0 aromatic rings. The van der Waals surface area contributed by atoms with Gasteiger partial charge in [0, 0.05) is 38.5 Å². The summed E-state index contributed by atoms with van der Waals surface area (Å²) in [5.74, 6) is -16.2. The Bertz CT molecular complexity index is 2030. The monoisotopic (exact) mass is 1190 g/mol. The lowest BCUT2D eigenvalue weighted by molar-refractivity contribution is -0.268. The van der Waals surface area contributed by atoms with Crippen LogP contribution in [0.1, 0.15) is 112 Å². The van der Waals surface area contributed by atoms with Crippen LogP contribution in [0.15, 0.2) is 0 Å². The molecule has 16 N–H and O–H groups in total. The van der Waals surface area contributed by atoms with Gasteiger partial charge in [0.1, 0.15) is 41.3 Å². The normalized spacial score (nSPS) is 19.8. The van der Waals surface area contributed by atoms with Gasteiger partial charge in [-0.05, 0) is 67.4 Å². The quantitative estimate of drug-likeness (QED) is 0.00976. The van der Waals surface area contributed by atoms with Gasteiger partial charge in [-0.3, -0.25) is 58.0 Å². The van der Waals surface area contributed by atoms with Crippen LogP contribution in [-0.2, 0) is 101 Å². The maximum absolute atomic E-state index is 10.8. The minimum Gasteiger partial charge on any atom is -0.481 e. The Morgan fingerprint density at radius 1 is 0.430 bits per heavy atom. The number of hydrogen-bond acceptors (Lipinski definition) is 32. The molecular formula is C41H60O36S2. The summed E-state index contributed by atoms with van der Waals surface area (Å²) < 4.78 is 25.6. The number of ketones is 6. The van der Waals surface area contributed by atoms with Crippen LogP contribution in [0.5, 0.6) is 0 Å². The topological polar surface area (TPSA) is 642 Å². The van der Waals surface area contributed by atoms with Crippen molar-refractivity contribution in [2.75, 3.05) is 6.61 Å². The van der Waals surface area contributed by atoms with Crippen molar-refractivity contribution in [1.82, 2.24) is 0 Å². The molecular weight excluding hydrogens is 1130 g/mol. The number of thiol groups is 2. The molecule has 3 aliphatic heterocycles. The van der Waals surface area contributed by atoms with Crippen molar-refractivity contribution < 1.29 is 177 Å². The lowest BCUT2D eigenvalue weighted by atomic mass is 9.92. The molecule has 0 aromatic carbocycles. The number of carbonyl (C=O) groups excluding carboxylic acids is 12. The lowest BCUT2D eigenvalue weighted by Crippen LogP contribution is -2.42. The summed E-state index contributed by atoms with van der Waals surface area (Å²) in [5.41, 5.74) is -13.1. The Morgan fingerprint density at radius 3 is 0.772 bits per heavy atom. The zero-order valence-corrected chi connectivity index (χ0v) is 44.0. The number of Topliss-reactive ketones (excluding diaryl/α,β-unsaturated/α-hetero) is 6. The van der Waals surface area contributed by atoms with Crippen LogP contribution in [0, 0.1) is 0 Å². The van der Waals surface area contributed by atoms with Crippen LogP contribution < -0.4 is 0 Å². The molecule has 79 heavy (non-hydrogen) atoms. The van der Waals surface area contributed by atoms with Crippen LogP contribution in [-0.4, -0.2) is 217 Å². The molecule has 0 amide bonds. The molecule has 5 atom stereocenters. The Morgan fingerprint density at radius 2 is 0.633 bits per heavy atom. The van der Waals surface area contributed by atoms with Crippen molar-refractivity contribution in [2.45, 2.75) is 146 Å². The molecule has 5 unspecified atom stereocenters. The standard InChI is InChI=1S/C8H12O5.2C7H10O6.2C7H8O5.C5H6O6.2H2OS.H2O/c1-5(9)3-8(13,7(11)12)4-6(2)10;2*1-4(8)2-7(13,6(11)12)3-5(9)10;2*1-4(8)2-7(11)3-5(9)12-6(7)10;6-3-1-5(8,2-10-9)4(7)11-3;2*1-2;/h13H,3-4H2,1-2H3,(H,11,12);2*13H,2-3H2,1H3,(H,9,10)(H,11,12);2*11H,2-3H2,1H3;8-9H,1-2H2;2*1-2H;1H2. The summed E-state index contributed by atoms with van der Waals surface area (Å²) in [4.78, 5) is 182. The smallest absolute Gasteiger partial charge is 0.348 e. The first kappa shape index (κ1) is 83.4. The highest BCUT2D eigenvalue weighted by atomic mass is 32.1. The molecule has 3 rings (SSSR count). The van der Waals surface area contributed by atoms with Crippen molar-refractivity contribution in [3.63, 3.8) is 0 Å². The van der Waals surface area contributed by atoms with Gasteiger partial charge < -0.3 is 85.0 Å². The Balaban J connectivity index is -0.000000199. The summed E-state index contributed by atoms with van der Waals surface area (Å²) in [6.07, 6.45) is -6.50. The summed E-state index contributed by atoms with van der Waals surface area (Å²) in [5, 5.41) is 106. The summed E-state index contributed by atoms with van der Waals surface area (Å²) in [6.45, 7) is 6.28. The van der Waals surface area contributed by atoms with Gasteiger partial charge in [-0.25, -0.2) is 33.7 Å². The highest BCUT2D eigenvalue weighted by Gasteiger charge is 2.50. The number of ether oxygens (including phenoxy) is 3. The molecule has 0 aromatic heterocycles. The summed E-state index contributed by atoms with van der Waals surface area (Å²) >= 11 is 5.06. The maximum Gasteiger partial charge on any atom is 0.348 e. The number of cyclic esters (lactones) is 6. The van der Waals surface area contributed by atoms with E-state index in [-0.39, 0.29) is 29.9 Å². The Labute approximate surface area is 454 Å². The number of rotatable bonds is 21. The van der Waals surface area contributed by atoms with Crippen LogP contribution >= 0.6 is 25.8 Å². The van der Waals surface area contributed by atoms with E-state index >= 15 is 0 Å². The molecule has 0 aliphatic carbocycles. The first-order valence-electron chi connectivity index (χ1n) is 20.7. The van der Waals surface area contributed by atoms with Crippen LogP contribution in [0.4, 0.5) is 0 Å². The Hall–Kier alpha value is -6.95. The fraction of sp³-hybridized carbons (Fsp3) is 0.585. The number of carbonyl (C=O) groups is 17. The molecule has 3 saturated heterocycles. The highest BCUT2D eigenvalue weighted by molar-refractivity contribution is 7.74. The van der Waals surface area contributed by atoms with E-state index in [0.717, 1.165) is 27.7 Å². The molecule has 3 aliphatic rings. The van der Waals surface area contributed by atoms with Gasteiger partial charge in [0.2, 0.25) is 0 Å². The van der Waals surface area contributed by atoms with Crippen molar-refractivity contribution >= 4 is 126 Å². The fourth-order valence-electron chi connectivity index (χ4n) is 5.73. The van der Waals surface area contributed by atoms with Gasteiger partial charge in [-0.1, -0.05) is 0 Å². The number of carboxylic acid groups (broad SMARTS) is 5. The third kappa shape index (κ3) is 33.8. The Kier molecular flexibility index (Phi) is 39.9. The van der Waals surface area contributed by atoms with Gasteiger partial charge in [0.05, 0.1) is 32.1 Å². The van der Waals surface area contributed by atoms with E-state index < -0.39 is 187 Å². The van der Waals surface area contributed by atoms with E-state index in [4.69, 9.17) is 45.0 Å². The number of hydrogen-bond donors (Lipinski definition) is 16. The first-order valence-corrected chi connectivity index (χ1v) is 21.5. The average molecular weight is 1190 g/mol. The van der Waals surface area contributed by atoms with E-state index in [1.165, 1.54) is 13.8 Å². The predicted octanol–water partition coefficient (Wildman–Crippen LogP) is -4.75. The van der Waals surface area contributed by atoms with Gasteiger partial charge >= 0.3 is 65.7 Å². The predicted molar refractivity (Wildman–Crippen MR) is 251 cm³/mol. The second-order valence-electron chi connectivity index (χ2n) is 16.6. The van der Waals surface area contributed by atoms with Gasteiger partial charge in [0.15, 0.2) is 33.6 Å². The highest BCUT2D eigenvalue weighted by Crippen LogP contribution is 2.26. The molecule has 38 heteroatoms. The van der Waals surface area contributed by atoms with Crippen molar-refractivity contribution in [1.29, 1.82) is 0 Å². The van der Waals surface area contributed by atoms with E-state index in [9.17, 15) is 107 Å². The van der Waals surface area contributed by atoms with E-state index in [0.29, 0.717) is 0 Å². The third-order valence-corrected chi connectivity index (χ3v) is 8.70. The molecule has 36 nitrogen and oxygen atoms in total. The second-order valence-corrected chi connectivity index (χ2v) is 16.6. The van der Waals surface area contributed by atoms with Crippen LogP contribution in [0.25, 0.3) is 0 Å². The van der Waals surface area contributed by atoms with Crippen LogP contribution in [0.3, 0.4) is 0 Å². The lowest BCUT2D eigenvalue weighted by Gasteiger charge is -2.20. The van der Waals surface area contributed by atoms with Crippen molar-refractivity contribution in [3.05, 3.63) is 0 Å². The number of carboxylic acids is 5. The molecule has 0 radical (unpaired) electrons. The molecule has 0 spiro atoms. The molecule has 0 bridgehead atoms. The maximum atomic E-state index is 10.8. The largest absolute Gasteiger partial charge is 0.481 e. The van der Waals surface area contributed by atoms with Crippen molar-refractivity contribution in [2.24, 2.45) is 0 Å². The SMILES string of the molecule is CC(=O)CC(O)(CC(=O)O)C(=O)O.CC(=O)CC(O)(CC(=O)O)C(=O)O.CC(=O)CC(O)(CC(C)=O)C(=O)O.CC(=O)CC1(O)CC(=O)OC1=O.CC(=O)CC1(O)CC(=O)OC1=O.O.O=C1CC(O)(COO)C(=O)O1.OS.OS. The summed E-state index contributed by atoms with van der Waals surface area (Å²) in [7, 11) is 0. The van der Waals surface area contributed by atoms with E-state index in [1.807, 2.05) is 0 Å². The van der Waals surface area contributed by atoms with Gasteiger partial charge in [-0.2, -0.15) is 0 Å². The zero-order chi connectivity index (χ0) is 63.1. The van der Waals surface area contributed by atoms with Gasteiger partial charge in [-0.15, -0.1) is 0 Å². The number of aliphatic hydroxyl groups is 6. The zero-order valence-electron chi connectivity index (χ0n) is 42.2. The second kappa shape index (κ2) is 37.8. The first-order chi connectivity index (χ1) is 35.3. The third-order valence-electron chi connectivity index (χ3n) is 8.70. The fourth-order valence-corrected chi connectivity index (χ4v) is 5.73. The molecule has 452 valence electrons. The molecule has 3 fully saturated rings. The van der Waals surface area contributed by atoms with E-state index in [1.54, 1.807) is 0 Å². The minimum absolute atomic E-state index is 0. The number of aliphatic carboxylic acids is 5.